The van der Waals surface area contributed by atoms with Crippen molar-refractivity contribution in [3.63, 3.8) is 0 Å². The molecule has 0 bridgehead atoms. The quantitative estimate of drug-likeness (QED) is 0.387. The van der Waals surface area contributed by atoms with E-state index in [2.05, 4.69) is 9.97 Å². The number of nitrogens with one attached hydrogen (secondary N) is 1. The second-order valence-electron chi connectivity index (χ2n) is 5.81. The van der Waals surface area contributed by atoms with E-state index in [-0.39, 0.29) is 4.68 Å². The molecule has 0 spiro atoms. The van der Waals surface area contributed by atoms with Gasteiger partial charge in [0, 0.05) is 23.4 Å². The average molecular weight is 438 g/mol. The number of aryl methyl sites for hydroxylation is 1. The number of carbonyl (C=O) groups excluding carboxylic acids is 1. The fourth-order valence-corrected chi connectivity index (χ4v) is 2.60. The van der Waals surface area contributed by atoms with Gasteiger partial charge in [0.2, 0.25) is 23.5 Å². The molecule has 6 nitrogen and oxygen atoms in total. The van der Waals surface area contributed by atoms with E-state index in [0.29, 0.717) is 12.1 Å². The van der Waals surface area contributed by atoms with Crippen molar-refractivity contribution in [1.82, 2.24) is 19.7 Å². The number of aromatic nitrogens is 4. The molecule has 0 radical (unpaired) electrons. The number of alkyl halides is 3. The molecular formula is C16H6F8N4O2. The maximum atomic E-state index is 14.3. The maximum Gasteiger partial charge on any atom is 0.436 e. The number of hydrogen-bond donors (Lipinski definition) is 1. The molecule has 0 aliphatic heterocycles. The maximum absolute atomic E-state index is 14.3. The van der Waals surface area contributed by atoms with Crippen molar-refractivity contribution in [2.45, 2.75) is 13.1 Å². The van der Waals surface area contributed by atoms with Gasteiger partial charge in [-0.25, -0.2) is 14.1 Å². The predicted octanol–water partition coefficient (Wildman–Crippen LogP) is 3.21. The van der Waals surface area contributed by atoms with E-state index in [9.17, 15) is 44.7 Å². The first-order valence-electron chi connectivity index (χ1n) is 7.64. The summed E-state index contributed by atoms with van der Waals surface area (Å²) in [6, 6.07) is 0.910. The van der Waals surface area contributed by atoms with Crippen molar-refractivity contribution in [3.05, 3.63) is 74.5 Å². The molecule has 0 saturated heterocycles. The van der Waals surface area contributed by atoms with E-state index in [4.69, 9.17) is 0 Å². The summed E-state index contributed by atoms with van der Waals surface area (Å²) in [5.74, 6) is -11.2. The van der Waals surface area contributed by atoms with Crippen LogP contribution in [0.4, 0.5) is 35.1 Å². The second kappa shape index (κ2) is 7.03. The number of rotatable bonds is 3. The third-order valence-electron chi connectivity index (χ3n) is 3.83. The summed E-state index contributed by atoms with van der Waals surface area (Å²) in [7, 11) is 0. The Bertz CT molecular complexity index is 1230. The predicted molar refractivity (Wildman–Crippen MR) is 81.4 cm³/mol. The number of aromatic amines is 1. The third-order valence-corrected chi connectivity index (χ3v) is 3.83. The van der Waals surface area contributed by atoms with Gasteiger partial charge in [-0.1, -0.05) is 0 Å². The molecule has 3 aromatic rings. The SMILES string of the molecule is Cc1[nH]n(-c2c(F)c(F)nc(C(F)(F)F)c2F)c(=O)c1C(=O)c1cc(F)nc(F)c1. The van der Waals surface area contributed by atoms with Gasteiger partial charge in [0.15, 0.2) is 11.5 Å². The van der Waals surface area contributed by atoms with Gasteiger partial charge in [0.05, 0.1) is 0 Å². The van der Waals surface area contributed by atoms with E-state index >= 15 is 0 Å². The number of hydrogen-bond acceptors (Lipinski definition) is 4. The zero-order chi connectivity index (χ0) is 22.5. The Hall–Kier alpha value is -3.58. The Morgan fingerprint density at radius 2 is 1.57 bits per heavy atom. The van der Waals surface area contributed by atoms with Crippen LogP contribution in [0.15, 0.2) is 16.9 Å². The van der Waals surface area contributed by atoms with E-state index in [1.807, 2.05) is 5.10 Å². The van der Waals surface area contributed by atoms with E-state index in [1.165, 1.54) is 0 Å². The highest BCUT2D eigenvalue weighted by molar-refractivity contribution is 6.09. The molecule has 3 rings (SSSR count). The van der Waals surface area contributed by atoms with Crippen LogP contribution in [-0.4, -0.2) is 25.5 Å². The number of pyridine rings is 2. The Balaban J connectivity index is 2.26. The Labute approximate surface area is 159 Å². The topological polar surface area (TPSA) is 80.6 Å². The Morgan fingerprint density at radius 3 is 2.10 bits per heavy atom. The monoisotopic (exact) mass is 438 g/mol. The highest BCUT2D eigenvalue weighted by Crippen LogP contribution is 2.33. The molecule has 3 heterocycles. The van der Waals surface area contributed by atoms with Crippen LogP contribution < -0.4 is 5.56 Å². The molecule has 0 aliphatic rings. The van der Waals surface area contributed by atoms with Crippen molar-refractivity contribution >= 4 is 5.78 Å². The number of halogens is 8. The number of nitrogens with zero attached hydrogens (tertiary/aromatic N) is 3. The minimum Gasteiger partial charge on any atom is -0.294 e. The molecule has 0 aromatic carbocycles. The summed E-state index contributed by atoms with van der Waals surface area (Å²) in [6.07, 6.45) is -5.54. The van der Waals surface area contributed by atoms with Crippen LogP contribution in [0.1, 0.15) is 27.3 Å². The zero-order valence-electron chi connectivity index (χ0n) is 14.3. The molecule has 0 amide bonds. The number of ketones is 1. The molecule has 0 saturated carbocycles. The van der Waals surface area contributed by atoms with Gasteiger partial charge in [-0.15, -0.1) is 0 Å². The molecule has 0 fully saturated rings. The molecule has 0 aliphatic carbocycles. The summed E-state index contributed by atoms with van der Waals surface area (Å²) in [4.78, 5) is 29.9. The molecule has 3 aromatic heterocycles. The number of carbonyl (C=O) groups is 1. The summed E-state index contributed by atoms with van der Waals surface area (Å²) >= 11 is 0. The second-order valence-corrected chi connectivity index (χ2v) is 5.81. The lowest BCUT2D eigenvalue weighted by Crippen LogP contribution is -2.25. The van der Waals surface area contributed by atoms with E-state index in [1.54, 1.807) is 0 Å². The van der Waals surface area contributed by atoms with Crippen molar-refractivity contribution < 1.29 is 39.9 Å². The molecule has 158 valence electrons. The minimum absolute atomic E-state index is 0.179. The molecule has 1 N–H and O–H groups in total. The lowest BCUT2D eigenvalue weighted by molar-refractivity contribution is -0.144. The first kappa shape index (κ1) is 21.1. The van der Waals surface area contributed by atoms with Crippen LogP contribution in [0.2, 0.25) is 0 Å². The largest absolute Gasteiger partial charge is 0.436 e. The summed E-state index contributed by atoms with van der Waals surface area (Å²) in [5.41, 5.74) is -7.93. The summed E-state index contributed by atoms with van der Waals surface area (Å²) in [5, 5.41) is 1.94. The van der Waals surface area contributed by atoms with Gasteiger partial charge in [-0.3, -0.25) is 14.7 Å². The molecule has 0 unspecified atom stereocenters. The van der Waals surface area contributed by atoms with Crippen LogP contribution in [0.3, 0.4) is 0 Å². The van der Waals surface area contributed by atoms with Gasteiger partial charge >= 0.3 is 6.18 Å². The van der Waals surface area contributed by atoms with Crippen LogP contribution in [0.5, 0.6) is 0 Å². The zero-order valence-corrected chi connectivity index (χ0v) is 14.3. The Morgan fingerprint density at radius 1 is 1.00 bits per heavy atom. The van der Waals surface area contributed by atoms with Crippen molar-refractivity contribution in [2.75, 3.05) is 0 Å². The summed E-state index contributed by atoms with van der Waals surface area (Å²) in [6.45, 7) is 1.01. The third kappa shape index (κ3) is 3.44. The van der Waals surface area contributed by atoms with Crippen molar-refractivity contribution in [3.8, 4) is 5.69 Å². The summed E-state index contributed by atoms with van der Waals surface area (Å²) < 4.78 is 107. The van der Waals surface area contributed by atoms with Gasteiger partial charge in [0.1, 0.15) is 11.3 Å². The van der Waals surface area contributed by atoms with Gasteiger partial charge in [-0.2, -0.15) is 35.7 Å². The molecular weight excluding hydrogens is 432 g/mol. The van der Waals surface area contributed by atoms with Crippen LogP contribution in [-0.2, 0) is 6.18 Å². The minimum atomic E-state index is -5.54. The van der Waals surface area contributed by atoms with Crippen molar-refractivity contribution in [2.24, 2.45) is 0 Å². The van der Waals surface area contributed by atoms with E-state index in [0.717, 1.165) is 6.92 Å². The average Bonchev–Trinajstić information content (AvgIpc) is 2.90. The van der Waals surface area contributed by atoms with Crippen LogP contribution >= 0.6 is 0 Å². The highest BCUT2D eigenvalue weighted by Gasteiger charge is 2.40. The fraction of sp³-hybridized carbons (Fsp3) is 0.125. The highest BCUT2D eigenvalue weighted by atomic mass is 19.4. The lowest BCUT2D eigenvalue weighted by Gasteiger charge is -2.11. The molecule has 30 heavy (non-hydrogen) atoms. The first-order chi connectivity index (χ1) is 13.8. The van der Waals surface area contributed by atoms with Gasteiger partial charge in [-0.05, 0) is 6.92 Å². The van der Waals surface area contributed by atoms with Crippen LogP contribution in [0, 0.1) is 36.4 Å². The lowest BCUT2D eigenvalue weighted by atomic mass is 10.1. The molecule has 14 heteroatoms. The first-order valence-corrected chi connectivity index (χ1v) is 7.64. The van der Waals surface area contributed by atoms with Crippen LogP contribution in [0.25, 0.3) is 5.69 Å². The smallest absolute Gasteiger partial charge is 0.294 e. The van der Waals surface area contributed by atoms with E-state index < -0.39 is 75.2 Å². The van der Waals surface area contributed by atoms with Gasteiger partial charge < -0.3 is 0 Å². The van der Waals surface area contributed by atoms with Crippen molar-refractivity contribution in [1.29, 1.82) is 0 Å². The number of H-pyrrole nitrogens is 1. The molecule has 0 atom stereocenters. The normalized spacial score (nSPS) is 11.8. The fourth-order valence-electron chi connectivity index (χ4n) is 2.60. The van der Waals surface area contributed by atoms with Gasteiger partial charge in [0.25, 0.3) is 11.5 Å². The Kier molecular flexibility index (Phi) is 4.96. The standard InChI is InChI=1S/C16H6F8N4O2/c1-4-8(12(29)5-2-6(17)25-7(18)3-5)15(30)28(27-4)11-9(19)13(16(22,23)24)26-14(21)10(11)20/h2-3,27H,1H3.